The molecule has 1 aliphatic carbocycles. The van der Waals surface area contributed by atoms with Crippen molar-refractivity contribution in [2.24, 2.45) is 0 Å². The third kappa shape index (κ3) is 3.00. The van der Waals surface area contributed by atoms with E-state index in [-0.39, 0.29) is 6.42 Å². The first-order valence-electron chi connectivity index (χ1n) is 7.86. The monoisotopic (exact) mass is 334 g/mol. The Balaban J connectivity index is 2.85. The minimum Gasteiger partial charge on any atom is -0.497 e. The van der Waals surface area contributed by atoms with Crippen molar-refractivity contribution < 1.29 is 28.6 Å². The Morgan fingerprint density at radius 2 is 1.71 bits per heavy atom. The second kappa shape index (κ2) is 7.03. The second-order valence-electron chi connectivity index (χ2n) is 5.83. The van der Waals surface area contributed by atoms with Crippen LogP contribution in [0.5, 0.6) is 11.5 Å². The summed E-state index contributed by atoms with van der Waals surface area (Å²) >= 11 is 0. The van der Waals surface area contributed by atoms with Gasteiger partial charge in [-0.25, -0.2) is 0 Å². The van der Waals surface area contributed by atoms with E-state index in [1.165, 1.54) is 28.1 Å². The van der Waals surface area contributed by atoms with E-state index >= 15 is 0 Å². The summed E-state index contributed by atoms with van der Waals surface area (Å²) in [6.45, 7) is 2.45. The Morgan fingerprint density at radius 1 is 1.04 bits per heavy atom. The Labute approximate surface area is 141 Å². The Kier molecular flexibility index (Phi) is 5.26. The van der Waals surface area contributed by atoms with Gasteiger partial charge >= 0.3 is 5.97 Å². The van der Waals surface area contributed by atoms with Crippen molar-refractivity contribution in [3.05, 3.63) is 23.3 Å². The number of hydrogen-bond acceptors (Lipinski definition) is 6. The largest absolute Gasteiger partial charge is 0.497 e. The predicted molar refractivity (Wildman–Crippen MR) is 86.2 cm³/mol. The van der Waals surface area contributed by atoms with Crippen molar-refractivity contribution in [2.75, 3.05) is 14.2 Å². The van der Waals surface area contributed by atoms with Crippen LogP contribution in [0.25, 0.3) is 0 Å². The molecule has 0 saturated carbocycles. The molecule has 0 radical (unpaired) electrons. The number of Topliss-reactive ketones (excluding diaryl/α,β-unsaturated/α-hetero) is 2. The predicted octanol–water partition coefficient (Wildman–Crippen LogP) is 2.35. The number of ether oxygens (including phenoxy) is 3. The van der Waals surface area contributed by atoms with Gasteiger partial charge in [-0.15, -0.1) is 0 Å². The number of rotatable bonds is 4. The third-order valence-corrected chi connectivity index (χ3v) is 4.25. The van der Waals surface area contributed by atoms with Crippen LogP contribution in [-0.2, 0) is 31.1 Å². The summed E-state index contributed by atoms with van der Waals surface area (Å²) in [6.07, 6.45) is 2.20. The highest BCUT2D eigenvalue weighted by Gasteiger charge is 2.51. The third-order valence-electron chi connectivity index (χ3n) is 4.25. The molecular formula is C18H22O6. The van der Waals surface area contributed by atoms with E-state index in [1.54, 1.807) is 12.1 Å². The smallest absolute Gasteiger partial charge is 0.304 e. The molecule has 0 bridgehead atoms. The molecule has 0 spiro atoms. The number of hydrogen-bond donors (Lipinski definition) is 0. The number of benzene rings is 1. The van der Waals surface area contributed by atoms with Crippen LogP contribution in [0.3, 0.4) is 0 Å². The molecule has 0 amide bonds. The summed E-state index contributed by atoms with van der Waals surface area (Å²) in [5.41, 5.74) is -0.923. The topological polar surface area (TPSA) is 78.9 Å². The maximum atomic E-state index is 12.9. The van der Waals surface area contributed by atoms with Gasteiger partial charge < -0.3 is 14.2 Å². The van der Waals surface area contributed by atoms with Crippen LogP contribution >= 0.6 is 0 Å². The summed E-state index contributed by atoms with van der Waals surface area (Å²) in [5.74, 6) is -0.790. The number of carbonyl (C=O) groups is 3. The van der Waals surface area contributed by atoms with E-state index in [9.17, 15) is 14.4 Å². The molecule has 6 nitrogen and oxygen atoms in total. The second-order valence-corrected chi connectivity index (χ2v) is 5.83. The lowest BCUT2D eigenvalue weighted by atomic mass is 9.77. The van der Waals surface area contributed by atoms with Gasteiger partial charge in [0.15, 0.2) is 11.6 Å². The lowest BCUT2D eigenvalue weighted by molar-refractivity contribution is -0.173. The molecule has 0 fully saturated rings. The maximum absolute atomic E-state index is 12.9. The van der Waals surface area contributed by atoms with Crippen molar-refractivity contribution in [1.29, 1.82) is 0 Å². The normalized spacial score (nSPS) is 20.4. The number of methoxy groups -OCH3 is 2. The summed E-state index contributed by atoms with van der Waals surface area (Å²) in [4.78, 5) is 37.1. The first kappa shape index (κ1) is 18.0. The number of ketones is 2. The van der Waals surface area contributed by atoms with E-state index in [2.05, 4.69) is 0 Å². The standard InChI is InChI=1S/C18H22O6/c1-11(19)18(24-12(2)20)16(21)8-6-5-7-13-9-14(22-3)10-15(23-4)17(13)18/h9-10H,5-8H2,1-4H3. The maximum Gasteiger partial charge on any atom is 0.304 e. The molecule has 0 aromatic heterocycles. The van der Waals surface area contributed by atoms with Gasteiger partial charge in [-0.1, -0.05) is 0 Å². The zero-order valence-electron chi connectivity index (χ0n) is 14.4. The van der Waals surface area contributed by atoms with E-state index in [1.807, 2.05) is 0 Å². The van der Waals surface area contributed by atoms with Gasteiger partial charge in [-0.3, -0.25) is 14.4 Å². The van der Waals surface area contributed by atoms with Crippen molar-refractivity contribution in [3.63, 3.8) is 0 Å². The fraction of sp³-hybridized carbons (Fsp3) is 0.500. The molecule has 0 heterocycles. The molecule has 0 saturated heterocycles. The minimum absolute atomic E-state index is 0.168. The highest BCUT2D eigenvalue weighted by atomic mass is 16.6. The molecule has 0 N–H and O–H groups in total. The zero-order valence-corrected chi connectivity index (χ0v) is 14.4. The van der Waals surface area contributed by atoms with Crippen molar-refractivity contribution in [2.45, 2.75) is 45.1 Å². The van der Waals surface area contributed by atoms with E-state index in [4.69, 9.17) is 14.2 Å². The molecule has 6 heteroatoms. The van der Waals surface area contributed by atoms with Gasteiger partial charge in [0.05, 0.1) is 19.8 Å². The van der Waals surface area contributed by atoms with Crippen LogP contribution in [0, 0.1) is 0 Å². The van der Waals surface area contributed by atoms with Gasteiger partial charge in [0.1, 0.15) is 11.5 Å². The van der Waals surface area contributed by atoms with Gasteiger partial charge in [-0.05, 0) is 37.8 Å². The molecule has 1 unspecified atom stereocenters. The van der Waals surface area contributed by atoms with Crippen LogP contribution in [0.4, 0.5) is 0 Å². The van der Waals surface area contributed by atoms with Gasteiger partial charge in [0.25, 0.3) is 5.60 Å². The fourth-order valence-electron chi connectivity index (χ4n) is 3.21. The quantitative estimate of drug-likeness (QED) is 0.621. The van der Waals surface area contributed by atoms with Crippen molar-refractivity contribution >= 4 is 17.5 Å². The Morgan fingerprint density at radius 3 is 2.25 bits per heavy atom. The Hall–Kier alpha value is -2.37. The number of carbonyl (C=O) groups excluding carboxylic acids is 3. The number of fused-ring (bicyclic) bond motifs is 1. The van der Waals surface area contributed by atoms with Crippen LogP contribution in [-0.4, -0.2) is 31.8 Å². The fourth-order valence-corrected chi connectivity index (χ4v) is 3.21. The summed E-state index contributed by atoms with van der Waals surface area (Å²) in [6, 6.07) is 3.35. The van der Waals surface area contributed by atoms with Crippen LogP contribution in [0.2, 0.25) is 0 Å². The Bertz CT molecular complexity index is 678. The van der Waals surface area contributed by atoms with Crippen molar-refractivity contribution in [3.8, 4) is 11.5 Å². The first-order valence-corrected chi connectivity index (χ1v) is 7.86. The molecule has 0 aliphatic heterocycles. The number of aryl methyl sites for hydroxylation is 1. The summed E-state index contributed by atoms with van der Waals surface area (Å²) in [5, 5.41) is 0. The van der Waals surface area contributed by atoms with E-state index < -0.39 is 23.1 Å². The molecule has 1 aromatic rings. The highest BCUT2D eigenvalue weighted by molar-refractivity contribution is 6.12. The van der Waals surface area contributed by atoms with Crippen LogP contribution in [0.1, 0.15) is 44.2 Å². The van der Waals surface area contributed by atoms with Gasteiger partial charge in [0, 0.05) is 19.4 Å². The highest BCUT2D eigenvalue weighted by Crippen LogP contribution is 2.43. The van der Waals surface area contributed by atoms with E-state index in [0.29, 0.717) is 29.9 Å². The molecule has 1 aliphatic rings. The average Bonchev–Trinajstić information content (AvgIpc) is 2.53. The lowest BCUT2D eigenvalue weighted by Crippen LogP contribution is -2.47. The van der Waals surface area contributed by atoms with E-state index in [0.717, 1.165) is 12.0 Å². The average molecular weight is 334 g/mol. The van der Waals surface area contributed by atoms with Gasteiger partial charge in [0.2, 0.25) is 0 Å². The SMILES string of the molecule is COc1cc2c(c(OC)c1)C(OC(C)=O)(C(C)=O)C(=O)CCCC2. The molecular weight excluding hydrogens is 312 g/mol. The molecule has 130 valence electrons. The molecule has 2 rings (SSSR count). The summed E-state index contributed by atoms with van der Waals surface area (Å²) in [7, 11) is 2.97. The number of esters is 1. The molecule has 1 atom stereocenters. The van der Waals surface area contributed by atoms with Crippen LogP contribution in [0.15, 0.2) is 12.1 Å². The zero-order chi connectivity index (χ0) is 17.9. The minimum atomic E-state index is -1.96. The van der Waals surface area contributed by atoms with Crippen molar-refractivity contribution in [1.82, 2.24) is 0 Å². The lowest BCUT2D eigenvalue weighted by Gasteiger charge is -2.34. The summed E-state index contributed by atoms with van der Waals surface area (Å²) < 4.78 is 16.1. The molecule has 1 aromatic carbocycles. The van der Waals surface area contributed by atoms with Gasteiger partial charge in [-0.2, -0.15) is 0 Å². The van der Waals surface area contributed by atoms with Crippen LogP contribution < -0.4 is 9.47 Å². The molecule has 24 heavy (non-hydrogen) atoms. The first-order chi connectivity index (χ1) is 11.4.